The van der Waals surface area contributed by atoms with E-state index in [1.807, 2.05) is 0 Å². The van der Waals surface area contributed by atoms with Crippen molar-refractivity contribution in [2.45, 2.75) is 25.3 Å². The van der Waals surface area contributed by atoms with Crippen molar-refractivity contribution in [3.63, 3.8) is 0 Å². The second kappa shape index (κ2) is 11.0. The summed E-state index contributed by atoms with van der Waals surface area (Å²) in [6, 6.07) is 8.37. The van der Waals surface area contributed by atoms with E-state index in [9.17, 15) is 13.2 Å². The number of amides is 1. The van der Waals surface area contributed by atoms with E-state index in [0.29, 0.717) is 36.0 Å². The van der Waals surface area contributed by atoms with Crippen LogP contribution in [0.4, 0.5) is 5.95 Å². The number of likely N-dealkylation sites (tertiary alicyclic amines) is 1. The van der Waals surface area contributed by atoms with Crippen molar-refractivity contribution in [1.29, 1.82) is 0 Å². The summed E-state index contributed by atoms with van der Waals surface area (Å²) in [7, 11) is 0.602. The normalized spacial score (nSPS) is 16.2. The van der Waals surface area contributed by atoms with Gasteiger partial charge >= 0.3 is 0 Å². The Kier molecular flexibility index (Phi) is 7.79. The van der Waals surface area contributed by atoms with Gasteiger partial charge in [-0.15, -0.1) is 10.2 Å². The average Bonchev–Trinajstić information content (AvgIpc) is 3.53. The van der Waals surface area contributed by atoms with Gasteiger partial charge in [0.1, 0.15) is 17.2 Å². The predicted molar refractivity (Wildman–Crippen MR) is 133 cm³/mol. The molecule has 2 aromatic heterocycles. The molecule has 196 valence electrons. The number of anilines is 1. The molecular weight excluding hydrogens is 490 g/mol. The second-order valence-electron chi connectivity index (χ2n) is 8.18. The van der Waals surface area contributed by atoms with Gasteiger partial charge in [0.2, 0.25) is 27.7 Å². The third-order valence-corrected chi connectivity index (χ3v) is 7.14. The predicted octanol–water partition coefficient (Wildman–Crippen LogP) is 2.56. The van der Waals surface area contributed by atoms with Crippen molar-refractivity contribution in [3.05, 3.63) is 36.6 Å². The number of rotatable bonds is 11. The standard InChI is InChI=1S/C23H29N5O7S.H2/c1-32-15-16-7-4-11-20(29)27(16)12-14-36(30,31)26-23-25-24-22(19-10-6-13-35-19)28(23)21-17(33-2)8-5-9-18(21)34-3;/h5-6,8-10,13,16H,4,7,11-12,14-15H2,1-3H3,(H,25,26);1H/t16-;/m0./s1. The Morgan fingerprint density at radius 2 is 1.89 bits per heavy atom. The molecule has 3 heterocycles. The van der Waals surface area contributed by atoms with Gasteiger partial charge in [0, 0.05) is 21.5 Å². The van der Waals surface area contributed by atoms with Crippen LogP contribution in [-0.4, -0.2) is 80.3 Å². The Morgan fingerprint density at radius 1 is 1.14 bits per heavy atom. The molecule has 0 bridgehead atoms. The number of carbonyl (C=O) groups excluding carboxylic acids is 1. The van der Waals surface area contributed by atoms with Crippen molar-refractivity contribution >= 4 is 21.9 Å². The molecule has 0 radical (unpaired) electrons. The van der Waals surface area contributed by atoms with Crippen LogP contribution in [0.25, 0.3) is 17.3 Å². The van der Waals surface area contributed by atoms with Gasteiger partial charge in [-0.3, -0.25) is 14.1 Å². The first-order valence-electron chi connectivity index (χ1n) is 11.4. The summed E-state index contributed by atoms with van der Waals surface area (Å²) in [5.41, 5.74) is 0.392. The number of para-hydroxylation sites is 1. The first-order valence-corrected chi connectivity index (χ1v) is 13.0. The molecule has 1 amide bonds. The molecule has 1 fully saturated rings. The topological polar surface area (TPSA) is 138 Å². The van der Waals surface area contributed by atoms with Gasteiger partial charge in [-0.25, -0.2) is 8.42 Å². The second-order valence-corrected chi connectivity index (χ2v) is 10.0. The molecule has 13 heteroatoms. The maximum absolute atomic E-state index is 13.2. The maximum Gasteiger partial charge on any atom is 0.243 e. The molecule has 0 unspecified atom stereocenters. The highest BCUT2D eigenvalue weighted by atomic mass is 32.2. The lowest BCUT2D eigenvalue weighted by molar-refractivity contribution is -0.137. The maximum atomic E-state index is 13.2. The number of methoxy groups -OCH3 is 3. The van der Waals surface area contributed by atoms with Crippen LogP contribution in [0.3, 0.4) is 0 Å². The third kappa shape index (κ3) is 5.31. The first-order chi connectivity index (χ1) is 17.4. The lowest BCUT2D eigenvalue weighted by atomic mass is 10.0. The summed E-state index contributed by atoms with van der Waals surface area (Å²) >= 11 is 0. The van der Waals surface area contributed by atoms with E-state index in [1.165, 1.54) is 25.0 Å². The summed E-state index contributed by atoms with van der Waals surface area (Å²) in [4.78, 5) is 14.0. The molecule has 1 aromatic carbocycles. The monoisotopic (exact) mass is 521 g/mol. The lowest BCUT2D eigenvalue weighted by Gasteiger charge is -2.35. The van der Waals surface area contributed by atoms with Crippen molar-refractivity contribution in [3.8, 4) is 28.8 Å². The molecule has 0 saturated carbocycles. The number of nitrogens with zero attached hydrogens (tertiary/aromatic N) is 4. The fraction of sp³-hybridized carbons (Fsp3) is 0.435. The van der Waals surface area contributed by atoms with E-state index in [2.05, 4.69) is 14.9 Å². The quantitative estimate of drug-likeness (QED) is 0.403. The Balaban J connectivity index is 0.00000380. The Bertz CT molecular complexity index is 1270. The van der Waals surface area contributed by atoms with Gasteiger partial charge in [-0.2, -0.15) is 0 Å². The van der Waals surface area contributed by atoms with Crippen LogP contribution in [0.2, 0.25) is 0 Å². The molecule has 1 atom stereocenters. The zero-order valence-electron chi connectivity index (χ0n) is 20.3. The zero-order chi connectivity index (χ0) is 25.7. The highest BCUT2D eigenvalue weighted by molar-refractivity contribution is 7.92. The van der Waals surface area contributed by atoms with Gasteiger partial charge in [0.15, 0.2) is 5.76 Å². The molecule has 4 rings (SSSR count). The van der Waals surface area contributed by atoms with Crippen LogP contribution in [-0.2, 0) is 19.6 Å². The number of carbonyl (C=O) groups is 1. The summed E-state index contributed by atoms with van der Waals surface area (Å²) in [5.74, 6) is 0.926. The zero-order valence-corrected chi connectivity index (χ0v) is 21.2. The van der Waals surface area contributed by atoms with Gasteiger partial charge in [-0.05, 0) is 37.1 Å². The molecule has 3 aromatic rings. The van der Waals surface area contributed by atoms with Crippen LogP contribution in [0.1, 0.15) is 20.7 Å². The molecule has 1 aliphatic rings. The number of piperidine rings is 1. The highest BCUT2D eigenvalue weighted by Gasteiger charge is 2.30. The molecule has 1 aliphatic heterocycles. The molecule has 12 nitrogen and oxygen atoms in total. The van der Waals surface area contributed by atoms with Crippen LogP contribution in [0, 0.1) is 0 Å². The minimum atomic E-state index is -3.94. The molecule has 0 aliphatic carbocycles. The average molecular weight is 522 g/mol. The Hall–Kier alpha value is -3.58. The first kappa shape index (κ1) is 25.5. The highest BCUT2D eigenvalue weighted by Crippen LogP contribution is 2.37. The fourth-order valence-electron chi connectivity index (χ4n) is 4.25. The van der Waals surface area contributed by atoms with E-state index in [0.717, 1.165) is 12.8 Å². The third-order valence-electron chi connectivity index (χ3n) is 5.93. The van der Waals surface area contributed by atoms with E-state index in [-0.39, 0.29) is 37.4 Å². The number of furan rings is 1. The Labute approximate surface area is 210 Å². The summed E-state index contributed by atoms with van der Waals surface area (Å²) < 4.78 is 52.1. The number of aromatic nitrogens is 3. The minimum Gasteiger partial charge on any atom is -0.494 e. The van der Waals surface area contributed by atoms with Crippen molar-refractivity contribution < 1.29 is 33.3 Å². The lowest BCUT2D eigenvalue weighted by Crippen LogP contribution is -2.48. The van der Waals surface area contributed by atoms with Crippen LogP contribution >= 0.6 is 0 Å². The number of benzene rings is 1. The van der Waals surface area contributed by atoms with Gasteiger partial charge < -0.3 is 23.5 Å². The molecular formula is C23H31N5O7S. The van der Waals surface area contributed by atoms with Gasteiger partial charge in [0.25, 0.3) is 0 Å². The number of hydrogen-bond acceptors (Lipinski definition) is 9. The Morgan fingerprint density at radius 3 is 2.53 bits per heavy atom. The summed E-state index contributed by atoms with van der Waals surface area (Å²) in [6.07, 6.45) is 3.39. The van der Waals surface area contributed by atoms with Crippen LogP contribution < -0.4 is 14.2 Å². The SMILES string of the molecule is COC[C@@H]1CCCC(=O)N1CCS(=O)(=O)Nc1nnc(-c2ccco2)n1-c1c(OC)cccc1OC.[HH]. The number of ether oxygens (including phenoxy) is 3. The van der Waals surface area contributed by atoms with Crippen LogP contribution in [0.15, 0.2) is 41.0 Å². The van der Waals surface area contributed by atoms with E-state index < -0.39 is 10.0 Å². The number of hydrogen-bond donors (Lipinski definition) is 1. The van der Waals surface area contributed by atoms with Gasteiger partial charge in [0.05, 0.1) is 38.9 Å². The van der Waals surface area contributed by atoms with E-state index >= 15 is 0 Å². The molecule has 0 spiro atoms. The smallest absolute Gasteiger partial charge is 0.243 e. The van der Waals surface area contributed by atoms with Crippen LogP contribution in [0.5, 0.6) is 11.5 Å². The fourth-order valence-corrected chi connectivity index (χ4v) is 5.20. The molecule has 1 saturated heterocycles. The van der Waals surface area contributed by atoms with Gasteiger partial charge in [-0.1, -0.05) is 6.07 Å². The van der Waals surface area contributed by atoms with E-state index in [4.69, 9.17) is 18.6 Å². The van der Waals surface area contributed by atoms with Crippen molar-refractivity contribution in [2.24, 2.45) is 0 Å². The van der Waals surface area contributed by atoms with E-state index in [1.54, 1.807) is 42.3 Å². The van der Waals surface area contributed by atoms with Crippen molar-refractivity contribution in [1.82, 2.24) is 19.7 Å². The van der Waals surface area contributed by atoms with Crippen molar-refractivity contribution in [2.75, 3.05) is 45.0 Å². The largest absolute Gasteiger partial charge is 0.494 e. The number of nitrogens with one attached hydrogen (secondary N) is 1. The molecule has 1 N–H and O–H groups in total. The molecule has 36 heavy (non-hydrogen) atoms. The minimum absolute atomic E-state index is 0. The number of sulfonamides is 1. The summed E-state index contributed by atoms with van der Waals surface area (Å²) in [5, 5.41) is 8.26. The summed E-state index contributed by atoms with van der Waals surface area (Å²) in [6.45, 7) is 0.382.